The van der Waals surface area contributed by atoms with Gasteiger partial charge in [0.05, 0.1) is 6.04 Å². The lowest BCUT2D eigenvalue weighted by Gasteiger charge is -2.35. The second-order valence-corrected chi connectivity index (χ2v) is 6.92. The van der Waals surface area contributed by atoms with E-state index in [0.717, 1.165) is 43.2 Å². The molecule has 1 atom stereocenters. The highest BCUT2D eigenvalue weighted by Crippen LogP contribution is 2.32. The lowest BCUT2D eigenvalue weighted by atomic mass is 10.2. The van der Waals surface area contributed by atoms with Crippen LogP contribution in [0.1, 0.15) is 40.6 Å². The van der Waals surface area contributed by atoms with E-state index >= 15 is 0 Å². The number of unbranched alkanes of at least 4 members (excludes halogenated alkanes) is 1. The van der Waals surface area contributed by atoms with Crippen LogP contribution in [0.5, 0.6) is 11.5 Å². The lowest BCUT2D eigenvalue weighted by Crippen LogP contribution is -2.52. The van der Waals surface area contributed by atoms with Crippen molar-refractivity contribution in [1.82, 2.24) is 15.1 Å². The van der Waals surface area contributed by atoms with Gasteiger partial charge < -0.3 is 19.7 Å². The number of carbonyl (C=O) groups excluding carboxylic acids is 1. The summed E-state index contributed by atoms with van der Waals surface area (Å²) in [7, 11) is 2.11. The van der Waals surface area contributed by atoms with Crippen molar-refractivity contribution in [3.63, 3.8) is 0 Å². The molecule has 0 aromatic heterocycles. The number of rotatable bonds is 5. The molecule has 6 heteroatoms. The summed E-state index contributed by atoms with van der Waals surface area (Å²) >= 11 is 0. The average molecular weight is 366 g/mol. The van der Waals surface area contributed by atoms with E-state index in [1.165, 1.54) is 12.8 Å². The van der Waals surface area contributed by atoms with Crippen LogP contribution in [-0.2, 0) is 11.3 Å². The highest BCUT2D eigenvalue weighted by atomic mass is 16.7. The molecule has 1 N–H and O–H groups in total. The molecule has 1 amide bonds. The smallest absolute Gasteiger partial charge is 0.237 e. The van der Waals surface area contributed by atoms with Crippen molar-refractivity contribution in [2.45, 2.75) is 46.2 Å². The molecule has 148 valence electrons. The molecule has 1 unspecified atom stereocenters. The van der Waals surface area contributed by atoms with E-state index in [2.05, 4.69) is 36.0 Å². The first-order valence-corrected chi connectivity index (χ1v) is 9.64. The van der Waals surface area contributed by atoms with Crippen molar-refractivity contribution in [2.75, 3.05) is 40.0 Å². The fourth-order valence-electron chi connectivity index (χ4n) is 2.76. The zero-order valence-corrected chi connectivity index (χ0v) is 16.6. The number of ether oxygens (including phenoxy) is 2. The summed E-state index contributed by atoms with van der Waals surface area (Å²) in [6.07, 6.45) is 2.64. The van der Waals surface area contributed by atoms with Gasteiger partial charge in [-0.1, -0.05) is 32.8 Å². The minimum atomic E-state index is -0.0947. The summed E-state index contributed by atoms with van der Waals surface area (Å²) in [4.78, 5) is 16.8. The van der Waals surface area contributed by atoms with Crippen molar-refractivity contribution >= 4 is 5.91 Å². The molecule has 3 rings (SSSR count). The van der Waals surface area contributed by atoms with Gasteiger partial charge in [0.2, 0.25) is 12.7 Å². The van der Waals surface area contributed by atoms with Crippen LogP contribution in [-0.4, -0.2) is 61.8 Å². The third-order valence-electron chi connectivity index (χ3n) is 4.87. The van der Waals surface area contributed by atoms with E-state index in [1.807, 2.05) is 25.1 Å². The Morgan fingerprint density at radius 3 is 2.46 bits per heavy atom. The molecule has 0 aliphatic carbocycles. The van der Waals surface area contributed by atoms with Crippen LogP contribution >= 0.6 is 0 Å². The Morgan fingerprint density at radius 1 is 1.15 bits per heavy atom. The molecule has 6 nitrogen and oxygen atoms in total. The quantitative estimate of drug-likeness (QED) is 0.869. The fraction of sp³-hybridized carbons (Fsp3) is 0.650. The van der Waals surface area contributed by atoms with Gasteiger partial charge in [-0.3, -0.25) is 9.69 Å². The number of piperazine rings is 1. The maximum atomic E-state index is 12.3. The first-order valence-electron chi connectivity index (χ1n) is 9.64. The maximum absolute atomic E-state index is 12.3. The van der Waals surface area contributed by atoms with Crippen molar-refractivity contribution in [1.29, 1.82) is 0 Å². The van der Waals surface area contributed by atoms with Crippen LogP contribution in [0.15, 0.2) is 18.2 Å². The van der Waals surface area contributed by atoms with Gasteiger partial charge in [-0.15, -0.1) is 0 Å². The zero-order chi connectivity index (χ0) is 18.9. The van der Waals surface area contributed by atoms with E-state index in [0.29, 0.717) is 6.54 Å². The number of hydrogen-bond donors (Lipinski definition) is 1. The van der Waals surface area contributed by atoms with Gasteiger partial charge in [0.15, 0.2) is 11.5 Å². The molecular formula is C20H35N3O3. The van der Waals surface area contributed by atoms with Crippen molar-refractivity contribution in [3.05, 3.63) is 23.8 Å². The summed E-state index contributed by atoms with van der Waals surface area (Å²) in [5.74, 6) is 1.59. The highest BCUT2D eigenvalue weighted by Gasteiger charge is 2.24. The van der Waals surface area contributed by atoms with E-state index in [-0.39, 0.29) is 20.2 Å². The van der Waals surface area contributed by atoms with Crippen LogP contribution in [0.4, 0.5) is 0 Å². The van der Waals surface area contributed by atoms with E-state index in [4.69, 9.17) is 9.47 Å². The van der Waals surface area contributed by atoms with E-state index in [9.17, 15) is 4.79 Å². The molecule has 1 saturated heterocycles. The van der Waals surface area contributed by atoms with Crippen LogP contribution < -0.4 is 14.8 Å². The SMILES string of the molecule is CC(C(=O)NCc1ccc2c(c1)OCO2)N1CCN(C)CC1.CCCC.[HH]. The second kappa shape index (κ2) is 10.4. The molecule has 2 aliphatic heterocycles. The largest absolute Gasteiger partial charge is 0.454 e. The summed E-state index contributed by atoms with van der Waals surface area (Å²) < 4.78 is 10.6. The Labute approximate surface area is 158 Å². The van der Waals surface area contributed by atoms with Crippen LogP contribution in [0.25, 0.3) is 0 Å². The Hall–Kier alpha value is -1.79. The van der Waals surface area contributed by atoms with Gasteiger partial charge in [-0.25, -0.2) is 0 Å². The first-order chi connectivity index (χ1) is 12.5. The first kappa shape index (κ1) is 20.5. The molecule has 0 saturated carbocycles. The third-order valence-corrected chi connectivity index (χ3v) is 4.87. The van der Waals surface area contributed by atoms with Gasteiger partial charge in [0, 0.05) is 34.2 Å². The summed E-state index contributed by atoms with van der Waals surface area (Å²) in [5, 5.41) is 3.01. The number of likely N-dealkylation sites (N-methyl/N-ethyl adjacent to an activating group) is 1. The van der Waals surface area contributed by atoms with Crippen LogP contribution in [0.3, 0.4) is 0 Å². The molecule has 1 fully saturated rings. The van der Waals surface area contributed by atoms with Crippen molar-refractivity contribution in [2.24, 2.45) is 0 Å². The molecule has 1 aromatic carbocycles. The normalized spacial score (nSPS) is 18.0. The molecule has 1 aromatic rings. The predicted octanol–water partition coefficient (Wildman–Crippen LogP) is 2.72. The summed E-state index contributed by atoms with van der Waals surface area (Å²) in [6.45, 7) is 11.0. The zero-order valence-electron chi connectivity index (χ0n) is 16.6. The number of benzene rings is 1. The predicted molar refractivity (Wildman–Crippen MR) is 106 cm³/mol. The molecule has 0 bridgehead atoms. The van der Waals surface area contributed by atoms with Crippen molar-refractivity contribution < 1.29 is 15.7 Å². The number of nitrogens with zero attached hydrogens (tertiary/aromatic N) is 2. The van der Waals surface area contributed by atoms with E-state index < -0.39 is 0 Å². The highest BCUT2D eigenvalue weighted by molar-refractivity contribution is 5.81. The lowest BCUT2D eigenvalue weighted by molar-refractivity contribution is -0.126. The third kappa shape index (κ3) is 5.88. The molecule has 0 spiro atoms. The average Bonchev–Trinajstić information content (AvgIpc) is 3.14. The molecule has 2 aliphatic rings. The fourth-order valence-corrected chi connectivity index (χ4v) is 2.76. The number of amides is 1. The number of nitrogens with one attached hydrogen (secondary N) is 1. The standard InChI is InChI=1S/C16H23N3O3.C4H10.H2/c1-12(19-7-5-18(2)6-8-19)16(20)17-10-13-3-4-14-15(9-13)22-11-21-14;1-3-4-2;/h3-4,9,12H,5-8,10-11H2,1-2H3,(H,17,20);3-4H2,1-2H3;1H. The monoisotopic (exact) mass is 365 g/mol. The molecular weight excluding hydrogens is 330 g/mol. The second-order valence-electron chi connectivity index (χ2n) is 6.92. The van der Waals surface area contributed by atoms with Crippen molar-refractivity contribution in [3.8, 4) is 11.5 Å². The van der Waals surface area contributed by atoms with Crippen LogP contribution in [0.2, 0.25) is 0 Å². The maximum Gasteiger partial charge on any atom is 0.237 e. The Kier molecular flexibility index (Phi) is 8.19. The number of fused-ring (bicyclic) bond motifs is 1. The molecule has 2 heterocycles. The molecule has 0 radical (unpaired) electrons. The van der Waals surface area contributed by atoms with Gasteiger partial charge in [-0.05, 0) is 31.7 Å². The van der Waals surface area contributed by atoms with Gasteiger partial charge >= 0.3 is 0 Å². The number of carbonyl (C=O) groups is 1. The Bertz CT molecular complexity index is 576. The Morgan fingerprint density at radius 2 is 1.81 bits per heavy atom. The van der Waals surface area contributed by atoms with E-state index in [1.54, 1.807) is 0 Å². The number of hydrogen-bond acceptors (Lipinski definition) is 5. The summed E-state index contributed by atoms with van der Waals surface area (Å²) in [5.41, 5.74) is 1.02. The van der Waals surface area contributed by atoms with Gasteiger partial charge in [0.1, 0.15) is 0 Å². The minimum absolute atomic E-state index is 0. The molecule has 26 heavy (non-hydrogen) atoms. The summed E-state index contributed by atoms with van der Waals surface area (Å²) in [6, 6.07) is 5.66. The van der Waals surface area contributed by atoms with Gasteiger partial charge in [-0.2, -0.15) is 0 Å². The van der Waals surface area contributed by atoms with Gasteiger partial charge in [0.25, 0.3) is 0 Å². The van der Waals surface area contributed by atoms with Crippen LogP contribution in [0, 0.1) is 0 Å². The minimum Gasteiger partial charge on any atom is -0.454 e. The Balaban J connectivity index is 0.000000666. The topological polar surface area (TPSA) is 54.0 Å².